The standard InChI is InChI=1S/C14H22N2O3S/c1-4-18-12(17)14(3,16-11-5-6-11)7-8-20-13-15-10(2)9-19-13/h9,11,16H,4-8H2,1-3H3. The second-order valence-electron chi connectivity index (χ2n) is 5.32. The first-order valence-corrected chi connectivity index (χ1v) is 8.02. The number of nitrogens with zero attached hydrogens (tertiary/aromatic N) is 1. The maximum Gasteiger partial charge on any atom is 0.326 e. The third-order valence-electron chi connectivity index (χ3n) is 3.25. The van der Waals surface area contributed by atoms with Gasteiger partial charge in [-0.3, -0.25) is 10.1 Å². The van der Waals surface area contributed by atoms with Crippen LogP contribution in [0.2, 0.25) is 0 Å². The van der Waals surface area contributed by atoms with Crippen molar-refractivity contribution in [1.29, 1.82) is 0 Å². The van der Waals surface area contributed by atoms with Gasteiger partial charge in [0.1, 0.15) is 11.8 Å². The third-order valence-corrected chi connectivity index (χ3v) is 4.09. The molecule has 0 aromatic carbocycles. The van der Waals surface area contributed by atoms with Gasteiger partial charge in [0.05, 0.1) is 12.3 Å². The SMILES string of the molecule is CCOC(=O)C(C)(CCSc1nc(C)co1)NC1CC1. The highest BCUT2D eigenvalue weighted by atomic mass is 32.2. The Bertz CT molecular complexity index is 459. The second-order valence-corrected chi connectivity index (χ2v) is 6.37. The van der Waals surface area contributed by atoms with Crippen LogP contribution in [-0.4, -0.2) is 34.9 Å². The van der Waals surface area contributed by atoms with Gasteiger partial charge < -0.3 is 9.15 Å². The third kappa shape index (κ3) is 4.24. The first-order chi connectivity index (χ1) is 9.53. The van der Waals surface area contributed by atoms with Gasteiger partial charge in [-0.1, -0.05) is 11.8 Å². The zero-order chi connectivity index (χ0) is 14.6. The Kier molecular flexibility index (Phi) is 5.10. The van der Waals surface area contributed by atoms with Crippen LogP contribution in [0.5, 0.6) is 0 Å². The topological polar surface area (TPSA) is 64.4 Å². The lowest BCUT2D eigenvalue weighted by Crippen LogP contribution is -2.51. The van der Waals surface area contributed by atoms with E-state index in [1.165, 1.54) is 11.8 Å². The van der Waals surface area contributed by atoms with Crippen molar-refractivity contribution in [1.82, 2.24) is 10.3 Å². The number of carbonyl (C=O) groups excluding carboxylic acids is 1. The molecular formula is C14H22N2O3S. The minimum absolute atomic E-state index is 0.170. The lowest BCUT2D eigenvalue weighted by Gasteiger charge is -2.28. The van der Waals surface area contributed by atoms with Crippen LogP contribution in [0.25, 0.3) is 0 Å². The number of rotatable bonds is 8. The summed E-state index contributed by atoms with van der Waals surface area (Å²) >= 11 is 1.53. The summed E-state index contributed by atoms with van der Waals surface area (Å²) in [5, 5.41) is 4.06. The van der Waals surface area contributed by atoms with Gasteiger partial charge in [0, 0.05) is 11.8 Å². The van der Waals surface area contributed by atoms with E-state index < -0.39 is 5.54 Å². The molecule has 1 heterocycles. The van der Waals surface area contributed by atoms with E-state index in [0.29, 0.717) is 24.3 Å². The number of aromatic nitrogens is 1. The minimum Gasteiger partial charge on any atom is -0.465 e. The molecule has 1 aliphatic carbocycles. The number of ether oxygens (including phenoxy) is 1. The fourth-order valence-corrected chi connectivity index (χ4v) is 2.95. The molecule has 0 bridgehead atoms. The van der Waals surface area contributed by atoms with Crippen LogP contribution in [0.4, 0.5) is 0 Å². The van der Waals surface area contributed by atoms with Crippen LogP contribution in [0.15, 0.2) is 15.9 Å². The Balaban J connectivity index is 1.87. The number of oxazole rings is 1. The lowest BCUT2D eigenvalue weighted by atomic mass is 9.99. The van der Waals surface area contributed by atoms with Gasteiger partial charge in [-0.25, -0.2) is 4.98 Å². The number of hydrogen-bond acceptors (Lipinski definition) is 6. The molecule has 1 unspecified atom stereocenters. The molecule has 6 heteroatoms. The van der Waals surface area contributed by atoms with Crippen molar-refractivity contribution in [2.45, 2.75) is 56.8 Å². The van der Waals surface area contributed by atoms with Crippen molar-refractivity contribution >= 4 is 17.7 Å². The number of hydrogen-bond donors (Lipinski definition) is 1. The number of carbonyl (C=O) groups is 1. The molecule has 2 rings (SSSR count). The molecule has 20 heavy (non-hydrogen) atoms. The number of thioether (sulfide) groups is 1. The Morgan fingerprint density at radius 1 is 1.65 bits per heavy atom. The van der Waals surface area contributed by atoms with Gasteiger partial charge >= 0.3 is 5.97 Å². The summed E-state index contributed by atoms with van der Waals surface area (Å²) in [4.78, 5) is 16.4. The fourth-order valence-electron chi connectivity index (χ4n) is 1.94. The summed E-state index contributed by atoms with van der Waals surface area (Å²) < 4.78 is 10.5. The molecule has 0 radical (unpaired) electrons. The van der Waals surface area contributed by atoms with E-state index in [2.05, 4.69) is 10.3 Å². The predicted molar refractivity (Wildman–Crippen MR) is 77.8 cm³/mol. The summed E-state index contributed by atoms with van der Waals surface area (Å²) in [6, 6.07) is 0.457. The summed E-state index contributed by atoms with van der Waals surface area (Å²) in [5.41, 5.74) is 0.253. The second kappa shape index (κ2) is 6.63. The highest BCUT2D eigenvalue weighted by Gasteiger charge is 2.39. The fraction of sp³-hybridized carbons (Fsp3) is 0.714. The molecule has 1 N–H and O–H groups in total. The van der Waals surface area contributed by atoms with E-state index in [9.17, 15) is 4.79 Å². The van der Waals surface area contributed by atoms with Crippen LogP contribution in [0.1, 0.15) is 38.8 Å². The zero-order valence-corrected chi connectivity index (χ0v) is 13.1. The van der Waals surface area contributed by atoms with E-state index in [1.807, 2.05) is 20.8 Å². The van der Waals surface area contributed by atoms with E-state index >= 15 is 0 Å². The monoisotopic (exact) mass is 298 g/mol. The number of esters is 1. The van der Waals surface area contributed by atoms with Crippen LogP contribution in [-0.2, 0) is 9.53 Å². The van der Waals surface area contributed by atoms with Crippen LogP contribution < -0.4 is 5.32 Å². The molecule has 0 amide bonds. The first kappa shape index (κ1) is 15.4. The lowest BCUT2D eigenvalue weighted by molar-refractivity contribution is -0.150. The predicted octanol–water partition coefficient (Wildman–Crippen LogP) is 2.54. The van der Waals surface area contributed by atoms with Crippen molar-refractivity contribution in [3.8, 4) is 0 Å². The average Bonchev–Trinajstić information content (AvgIpc) is 3.10. The molecule has 1 saturated carbocycles. The quantitative estimate of drug-likeness (QED) is 0.588. The van der Waals surface area contributed by atoms with Crippen LogP contribution in [0, 0.1) is 6.92 Å². The maximum atomic E-state index is 12.1. The summed E-state index contributed by atoms with van der Waals surface area (Å²) in [6.07, 6.45) is 4.60. The first-order valence-electron chi connectivity index (χ1n) is 7.03. The largest absolute Gasteiger partial charge is 0.465 e. The number of aryl methyl sites for hydroxylation is 1. The molecule has 0 saturated heterocycles. The molecular weight excluding hydrogens is 276 g/mol. The Labute approximate surface area is 123 Å². The molecule has 1 aliphatic rings. The van der Waals surface area contributed by atoms with Crippen molar-refractivity contribution in [3.05, 3.63) is 12.0 Å². The van der Waals surface area contributed by atoms with E-state index in [-0.39, 0.29) is 5.97 Å². The molecule has 0 spiro atoms. The summed E-state index contributed by atoms with van der Waals surface area (Å²) in [6.45, 7) is 6.06. The van der Waals surface area contributed by atoms with Crippen LogP contribution >= 0.6 is 11.8 Å². The van der Waals surface area contributed by atoms with Gasteiger partial charge in [0.2, 0.25) is 0 Å². The molecule has 1 aromatic rings. The highest BCUT2D eigenvalue weighted by Crippen LogP contribution is 2.27. The average molecular weight is 298 g/mol. The summed E-state index contributed by atoms with van der Waals surface area (Å²) in [7, 11) is 0. The Morgan fingerprint density at radius 2 is 2.40 bits per heavy atom. The molecule has 0 aliphatic heterocycles. The van der Waals surface area contributed by atoms with Crippen molar-refractivity contribution in [2.24, 2.45) is 0 Å². The smallest absolute Gasteiger partial charge is 0.326 e. The molecule has 1 atom stereocenters. The van der Waals surface area contributed by atoms with E-state index in [4.69, 9.17) is 9.15 Å². The highest BCUT2D eigenvalue weighted by molar-refractivity contribution is 7.99. The van der Waals surface area contributed by atoms with Gasteiger partial charge in [-0.2, -0.15) is 0 Å². The Morgan fingerprint density at radius 3 is 2.95 bits per heavy atom. The van der Waals surface area contributed by atoms with Gasteiger partial charge in [0.15, 0.2) is 0 Å². The zero-order valence-electron chi connectivity index (χ0n) is 12.3. The maximum absolute atomic E-state index is 12.1. The van der Waals surface area contributed by atoms with Crippen molar-refractivity contribution < 1.29 is 13.9 Å². The molecule has 112 valence electrons. The van der Waals surface area contributed by atoms with Crippen molar-refractivity contribution in [2.75, 3.05) is 12.4 Å². The molecule has 1 aromatic heterocycles. The van der Waals surface area contributed by atoms with Gasteiger partial charge in [-0.15, -0.1) is 0 Å². The van der Waals surface area contributed by atoms with Gasteiger partial charge in [0.25, 0.3) is 5.22 Å². The molecule has 1 fully saturated rings. The van der Waals surface area contributed by atoms with Gasteiger partial charge in [-0.05, 0) is 40.0 Å². The Hall–Kier alpha value is -1.01. The normalized spacial score (nSPS) is 17.8. The molecule has 5 nitrogen and oxygen atoms in total. The van der Waals surface area contributed by atoms with E-state index in [1.54, 1.807) is 6.26 Å². The minimum atomic E-state index is -0.619. The number of nitrogens with one attached hydrogen (secondary N) is 1. The van der Waals surface area contributed by atoms with E-state index in [0.717, 1.165) is 24.3 Å². The van der Waals surface area contributed by atoms with Crippen LogP contribution in [0.3, 0.4) is 0 Å². The van der Waals surface area contributed by atoms with Crippen molar-refractivity contribution in [3.63, 3.8) is 0 Å². The summed E-state index contributed by atoms with van der Waals surface area (Å²) in [5.74, 6) is 0.589.